The summed E-state index contributed by atoms with van der Waals surface area (Å²) in [5, 5.41) is 0. The molecule has 1 aromatic rings. The number of ether oxygens (including phenoxy) is 1. The van der Waals surface area contributed by atoms with E-state index in [2.05, 4.69) is 0 Å². The maximum absolute atomic E-state index is 13.4. The molecule has 0 bridgehead atoms. The van der Waals surface area contributed by atoms with E-state index in [4.69, 9.17) is 4.74 Å². The third-order valence-corrected chi connectivity index (χ3v) is 5.47. The summed E-state index contributed by atoms with van der Waals surface area (Å²) in [5.41, 5.74) is 0.671. The van der Waals surface area contributed by atoms with Crippen molar-refractivity contribution >= 4 is 23.7 Å². The third kappa shape index (κ3) is 4.18. The molecule has 0 radical (unpaired) electrons. The maximum Gasteiger partial charge on any atom is 0.310 e. The summed E-state index contributed by atoms with van der Waals surface area (Å²) in [4.78, 5) is 54.2. The second-order valence-electron chi connectivity index (χ2n) is 8.05. The molecule has 0 spiro atoms. The van der Waals surface area contributed by atoms with Crippen LogP contribution >= 0.6 is 0 Å². The third-order valence-electron chi connectivity index (χ3n) is 5.47. The summed E-state index contributed by atoms with van der Waals surface area (Å²) in [6.07, 6.45) is 1.74. The molecule has 29 heavy (non-hydrogen) atoms. The van der Waals surface area contributed by atoms with Crippen LogP contribution in [-0.4, -0.2) is 59.2 Å². The zero-order valence-corrected chi connectivity index (χ0v) is 17.2. The molecule has 2 aliphatic rings. The van der Waals surface area contributed by atoms with Crippen LogP contribution in [0.25, 0.3) is 0 Å². The molecule has 0 saturated carbocycles. The minimum absolute atomic E-state index is 0.110. The molecule has 1 saturated heterocycles. The van der Waals surface area contributed by atoms with Crippen molar-refractivity contribution in [2.24, 2.45) is 11.8 Å². The first-order chi connectivity index (χ1) is 13.8. The van der Waals surface area contributed by atoms with E-state index in [1.807, 2.05) is 13.8 Å². The first kappa shape index (κ1) is 21.0. The molecule has 2 unspecified atom stereocenters. The number of carbonyl (C=O) groups is 4. The highest BCUT2D eigenvalue weighted by molar-refractivity contribution is 6.22. The highest BCUT2D eigenvalue weighted by Crippen LogP contribution is 2.29. The van der Waals surface area contributed by atoms with Crippen molar-refractivity contribution in [1.82, 2.24) is 9.80 Å². The van der Waals surface area contributed by atoms with Gasteiger partial charge in [-0.3, -0.25) is 24.1 Å². The molecule has 1 aromatic carbocycles. The molecule has 1 fully saturated rings. The number of likely N-dealkylation sites (tertiary alicyclic amines) is 1. The molecule has 7 nitrogen and oxygen atoms in total. The SMILES string of the molecule is CCOC(=O)C1CCCN(C(=O)C(CC(C)C)N2C(=O)c3ccccc3C2=O)C1. The Bertz CT molecular complexity index is 784. The van der Waals surface area contributed by atoms with Crippen molar-refractivity contribution in [3.8, 4) is 0 Å². The second kappa shape index (κ2) is 8.76. The number of nitrogens with zero attached hydrogens (tertiary/aromatic N) is 2. The molecule has 3 amide bonds. The van der Waals surface area contributed by atoms with E-state index >= 15 is 0 Å². The average molecular weight is 400 g/mol. The number of fused-ring (bicyclic) bond motifs is 1. The number of hydrogen-bond acceptors (Lipinski definition) is 5. The lowest BCUT2D eigenvalue weighted by molar-refractivity contribution is -0.152. The normalized spacial score (nSPS) is 20.1. The number of amides is 3. The van der Waals surface area contributed by atoms with Gasteiger partial charge in [-0.25, -0.2) is 0 Å². The Morgan fingerprint density at radius 3 is 2.31 bits per heavy atom. The molecule has 2 atom stereocenters. The van der Waals surface area contributed by atoms with Gasteiger partial charge in [0.15, 0.2) is 0 Å². The van der Waals surface area contributed by atoms with Crippen LogP contribution in [-0.2, 0) is 14.3 Å². The minimum atomic E-state index is -0.872. The number of benzene rings is 1. The van der Waals surface area contributed by atoms with E-state index in [1.165, 1.54) is 0 Å². The molecule has 156 valence electrons. The van der Waals surface area contributed by atoms with Crippen LogP contribution < -0.4 is 0 Å². The van der Waals surface area contributed by atoms with Gasteiger partial charge in [0.25, 0.3) is 11.8 Å². The Morgan fingerprint density at radius 1 is 1.14 bits per heavy atom. The van der Waals surface area contributed by atoms with Gasteiger partial charge in [0.2, 0.25) is 5.91 Å². The molecule has 2 heterocycles. The zero-order chi connectivity index (χ0) is 21.1. The summed E-state index contributed by atoms with van der Waals surface area (Å²) < 4.78 is 5.12. The van der Waals surface area contributed by atoms with Crippen LogP contribution in [0.5, 0.6) is 0 Å². The van der Waals surface area contributed by atoms with Crippen molar-refractivity contribution < 1.29 is 23.9 Å². The number of carbonyl (C=O) groups excluding carboxylic acids is 4. The van der Waals surface area contributed by atoms with Crippen molar-refractivity contribution in [2.45, 2.75) is 46.1 Å². The van der Waals surface area contributed by atoms with E-state index in [-0.39, 0.29) is 30.3 Å². The van der Waals surface area contributed by atoms with Gasteiger partial charge in [-0.1, -0.05) is 26.0 Å². The lowest BCUT2D eigenvalue weighted by Gasteiger charge is -2.36. The molecular weight excluding hydrogens is 372 g/mol. The van der Waals surface area contributed by atoms with Gasteiger partial charge in [-0.2, -0.15) is 0 Å². The first-order valence-electron chi connectivity index (χ1n) is 10.3. The summed E-state index contributed by atoms with van der Waals surface area (Å²) in [5.74, 6) is -1.69. The maximum atomic E-state index is 13.4. The van der Waals surface area contributed by atoms with Crippen LogP contribution in [0.1, 0.15) is 60.7 Å². The fourth-order valence-corrected chi connectivity index (χ4v) is 4.09. The molecule has 0 N–H and O–H groups in total. The fraction of sp³-hybridized carbons (Fsp3) is 0.545. The number of piperidine rings is 1. The highest BCUT2D eigenvalue weighted by atomic mass is 16.5. The van der Waals surface area contributed by atoms with Gasteiger partial charge < -0.3 is 9.64 Å². The van der Waals surface area contributed by atoms with Crippen molar-refractivity contribution in [3.63, 3.8) is 0 Å². The topological polar surface area (TPSA) is 84.0 Å². The minimum Gasteiger partial charge on any atom is -0.466 e. The van der Waals surface area contributed by atoms with Crippen LogP contribution in [0, 0.1) is 11.8 Å². The quantitative estimate of drug-likeness (QED) is 0.541. The monoisotopic (exact) mass is 400 g/mol. The van der Waals surface area contributed by atoms with Crippen LogP contribution in [0.3, 0.4) is 0 Å². The Kier molecular flexibility index (Phi) is 6.35. The summed E-state index contributed by atoms with van der Waals surface area (Å²) in [6, 6.07) is 5.78. The average Bonchev–Trinajstić information content (AvgIpc) is 2.96. The number of esters is 1. The number of rotatable bonds is 6. The second-order valence-corrected chi connectivity index (χ2v) is 8.05. The van der Waals surface area contributed by atoms with Gasteiger partial charge in [-0.15, -0.1) is 0 Å². The number of hydrogen-bond donors (Lipinski definition) is 0. The molecule has 7 heteroatoms. The predicted molar refractivity (Wildman–Crippen MR) is 106 cm³/mol. The van der Waals surface area contributed by atoms with E-state index in [0.29, 0.717) is 43.5 Å². The largest absolute Gasteiger partial charge is 0.466 e. The highest BCUT2D eigenvalue weighted by Gasteiger charge is 2.44. The summed E-state index contributed by atoms with van der Waals surface area (Å²) in [7, 11) is 0. The van der Waals surface area contributed by atoms with Gasteiger partial charge in [0.1, 0.15) is 6.04 Å². The van der Waals surface area contributed by atoms with E-state index < -0.39 is 17.9 Å². The lowest BCUT2D eigenvalue weighted by Crippen LogP contribution is -2.54. The Morgan fingerprint density at radius 2 is 1.76 bits per heavy atom. The van der Waals surface area contributed by atoms with Crippen molar-refractivity contribution in [2.75, 3.05) is 19.7 Å². The number of imide groups is 1. The molecule has 2 aliphatic heterocycles. The van der Waals surface area contributed by atoms with Crippen LogP contribution in [0.4, 0.5) is 0 Å². The van der Waals surface area contributed by atoms with Crippen molar-refractivity contribution in [3.05, 3.63) is 35.4 Å². The molecular formula is C22H28N2O5. The van der Waals surface area contributed by atoms with Crippen molar-refractivity contribution in [1.29, 1.82) is 0 Å². The smallest absolute Gasteiger partial charge is 0.310 e. The standard InChI is InChI=1S/C22H28N2O5/c1-4-29-22(28)15-8-7-11-23(13-15)21(27)18(12-14(2)3)24-19(25)16-9-5-6-10-17(16)20(24)26/h5-6,9-10,14-15,18H,4,7-8,11-13H2,1-3H3. The Labute approximate surface area is 171 Å². The van der Waals surface area contributed by atoms with Gasteiger partial charge in [0, 0.05) is 13.1 Å². The Balaban J connectivity index is 1.84. The van der Waals surface area contributed by atoms with Gasteiger partial charge in [0.05, 0.1) is 23.7 Å². The Hall–Kier alpha value is -2.70. The summed E-state index contributed by atoms with van der Waals surface area (Å²) >= 11 is 0. The van der Waals surface area contributed by atoms with E-state index in [9.17, 15) is 19.2 Å². The van der Waals surface area contributed by atoms with Crippen LogP contribution in [0.15, 0.2) is 24.3 Å². The molecule has 0 aromatic heterocycles. The molecule has 3 rings (SSSR count). The lowest BCUT2D eigenvalue weighted by atomic mass is 9.95. The van der Waals surface area contributed by atoms with E-state index in [1.54, 1.807) is 36.1 Å². The zero-order valence-electron chi connectivity index (χ0n) is 17.2. The van der Waals surface area contributed by atoms with Gasteiger partial charge >= 0.3 is 5.97 Å². The predicted octanol–water partition coefficient (Wildman–Crippen LogP) is 2.50. The van der Waals surface area contributed by atoms with Gasteiger partial charge in [-0.05, 0) is 44.2 Å². The fourth-order valence-electron chi connectivity index (χ4n) is 4.09. The summed E-state index contributed by atoms with van der Waals surface area (Å²) in [6.45, 7) is 6.73. The first-order valence-corrected chi connectivity index (χ1v) is 10.3. The molecule has 0 aliphatic carbocycles. The van der Waals surface area contributed by atoms with Crippen LogP contribution in [0.2, 0.25) is 0 Å². The van der Waals surface area contributed by atoms with E-state index in [0.717, 1.165) is 4.90 Å².